The van der Waals surface area contributed by atoms with E-state index in [2.05, 4.69) is 0 Å². The zero-order chi connectivity index (χ0) is 47.1. The topological polar surface area (TPSA) is 13.1 Å². The van der Waals surface area contributed by atoms with Crippen LogP contribution in [0, 0.1) is 0 Å². The predicted molar refractivity (Wildman–Crippen MR) is 208 cm³/mol. The van der Waals surface area contributed by atoms with Crippen LogP contribution in [0.15, 0.2) is 186 Å². The van der Waals surface area contributed by atoms with Crippen molar-refractivity contribution < 1.29 is 27.7 Å². The molecule has 0 aliphatic carbocycles. The molecule has 228 valence electrons. The summed E-state index contributed by atoms with van der Waals surface area (Å²) in [5, 5.41) is 1.58. The summed E-state index contributed by atoms with van der Waals surface area (Å²) < 4.78 is 159. The molecule has 0 saturated carbocycles. The van der Waals surface area contributed by atoms with Crippen molar-refractivity contribution in [3.8, 4) is 44.5 Å². The van der Waals surface area contributed by atoms with Gasteiger partial charge in [0.25, 0.3) is 0 Å². The molecule has 1 heteroatoms. The molecule has 49 heavy (non-hydrogen) atoms. The van der Waals surface area contributed by atoms with E-state index in [1.165, 1.54) is 0 Å². The third-order valence-electron chi connectivity index (χ3n) is 8.69. The molecule has 0 bridgehead atoms. The van der Waals surface area contributed by atoms with Crippen LogP contribution < -0.4 is 0 Å². The molecule has 10 rings (SSSR count). The molecule has 0 unspecified atom stereocenters. The molecule has 0 N–H and O–H groups in total. The summed E-state index contributed by atoms with van der Waals surface area (Å²) in [5.74, 6) is 0. The average Bonchev–Trinajstić information content (AvgIpc) is 3.72. The van der Waals surface area contributed by atoms with Crippen molar-refractivity contribution in [2.75, 3.05) is 0 Å². The minimum atomic E-state index is -0.784. The molecule has 0 radical (unpaired) electrons. The Bertz CT molecular complexity index is 3760. The van der Waals surface area contributed by atoms with Gasteiger partial charge < -0.3 is 4.42 Å². The van der Waals surface area contributed by atoms with E-state index < -0.39 is 130 Å². The van der Waals surface area contributed by atoms with Gasteiger partial charge in [0.1, 0.15) is 11.2 Å². The van der Waals surface area contributed by atoms with Crippen molar-refractivity contribution in [1.82, 2.24) is 0 Å². The van der Waals surface area contributed by atoms with Crippen molar-refractivity contribution in [3.63, 3.8) is 0 Å². The molecule has 0 atom stereocenters. The number of hydrogen-bond donors (Lipinski definition) is 0. The average molecular weight is 640 g/mol. The Kier molecular flexibility index (Phi) is 3.54. The smallest absolute Gasteiger partial charge is 0.136 e. The first-order valence-electron chi connectivity index (χ1n) is 24.0. The van der Waals surface area contributed by atoms with E-state index in [1.54, 1.807) is 0 Å². The monoisotopic (exact) mass is 639 g/mol. The van der Waals surface area contributed by atoms with Gasteiger partial charge in [0.2, 0.25) is 0 Å². The van der Waals surface area contributed by atoms with E-state index in [9.17, 15) is 12.3 Å². The Morgan fingerprint density at radius 2 is 0.939 bits per heavy atom. The van der Waals surface area contributed by atoms with Crippen LogP contribution in [0.2, 0.25) is 0 Å². The molecule has 10 aromatic rings. The second-order valence-electron chi connectivity index (χ2n) is 11.5. The van der Waals surface area contributed by atoms with Gasteiger partial charge in [-0.15, -0.1) is 0 Å². The van der Waals surface area contributed by atoms with Gasteiger partial charge in [0.15, 0.2) is 0 Å². The number of fused-ring (bicyclic) bond motifs is 6. The van der Waals surface area contributed by atoms with E-state index in [0.717, 1.165) is 21.9 Å². The molecule has 1 heterocycles. The summed E-state index contributed by atoms with van der Waals surface area (Å²) in [4.78, 5) is 0. The summed E-state index contributed by atoms with van der Waals surface area (Å²) in [5.41, 5.74) is -0.783. The van der Waals surface area contributed by atoms with Gasteiger partial charge in [-0.05, 0) is 107 Å². The molecule has 1 aromatic heterocycles. The van der Waals surface area contributed by atoms with Crippen LogP contribution in [-0.4, -0.2) is 0 Å². The number of rotatable bonds is 4. The lowest BCUT2D eigenvalue weighted by molar-refractivity contribution is 0.669. The highest BCUT2D eigenvalue weighted by Gasteiger charge is 2.17. The van der Waals surface area contributed by atoms with Gasteiger partial charge in [-0.1, -0.05) is 151 Å². The fourth-order valence-corrected chi connectivity index (χ4v) is 6.57. The third kappa shape index (κ3) is 4.47. The van der Waals surface area contributed by atoms with Gasteiger partial charge in [0.05, 0.1) is 23.3 Å². The fraction of sp³-hybridized carbons (Fsp3) is 0. The first-order valence-corrected chi connectivity index (χ1v) is 15.5. The zero-order valence-corrected chi connectivity index (χ0v) is 25.4. The van der Waals surface area contributed by atoms with Crippen molar-refractivity contribution in [1.29, 1.82) is 0 Å². The van der Waals surface area contributed by atoms with E-state index in [-0.39, 0.29) is 33.2 Å². The van der Waals surface area contributed by atoms with E-state index in [1.807, 2.05) is 78.9 Å². The van der Waals surface area contributed by atoms with E-state index >= 15 is 0 Å². The minimum absolute atomic E-state index is 0.00250. The quantitative estimate of drug-likeness (QED) is 0.175. The maximum Gasteiger partial charge on any atom is 0.136 e. The third-order valence-corrected chi connectivity index (χ3v) is 8.69. The summed E-state index contributed by atoms with van der Waals surface area (Å²) in [6, 6.07) is 13.2. The highest BCUT2D eigenvalue weighted by atomic mass is 16.3. The second-order valence-corrected chi connectivity index (χ2v) is 11.5. The predicted octanol–water partition coefficient (Wildman–Crippen LogP) is 13.7. The van der Waals surface area contributed by atoms with Crippen LogP contribution in [0.4, 0.5) is 0 Å². The number of furan rings is 1. The second kappa shape index (κ2) is 11.1. The summed E-state index contributed by atoms with van der Waals surface area (Å²) >= 11 is 0. The molecule has 0 aliphatic rings. The van der Waals surface area contributed by atoms with Crippen molar-refractivity contribution in [3.05, 3.63) is 182 Å². The molecule has 0 amide bonds. The van der Waals surface area contributed by atoms with E-state index in [4.69, 9.17) is 15.4 Å². The van der Waals surface area contributed by atoms with Crippen molar-refractivity contribution in [2.45, 2.75) is 0 Å². The van der Waals surface area contributed by atoms with E-state index in [0.29, 0.717) is 16.3 Å². The number of hydrogen-bond acceptors (Lipinski definition) is 1. The summed E-state index contributed by atoms with van der Waals surface area (Å²) in [7, 11) is 0. The van der Waals surface area contributed by atoms with Crippen LogP contribution in [0.3, 0.4) is 0 Å². The molecule has 0 fully saturated rings. The largest absolute Gasteiger partial charge is 0.456 e. The van der Waals surface area contributed by atoms with Crippen LogP contribution >= 0.6 is 0 Å². The minimum Gasteiger partial charge on any atom is -0.456 e. The molecule has 1 nitrogen and oxygen atoms in total. The highest BCUT2D eigenvalue weighted by molar-refractivity contribution is 6.21. The Hall–Kier alpha value is -6.44. The maximum absolute atomic E-state index is 9.68. The van der Waals surface area contributed by atoms with Crippen LogP contribution in [-0.2, 0) is 0 Å². The van der Waals surface area contributed by atoms with Crippen molar-refractivity contribution >= 4 is 54.3 Å². The van der Waals surface area contributed by atoms with Gasteiger partial charge in [-0.2, -0.15) is 0 Å². The SMILES string of the molecule is [2H]c1c([2H])c([2H])c(-c2c([2H])c([2H])c([2H])c3oc4c([2H])c(-c5c([2H])c([2H])c6c([2H])c(-c7c8ccccc8c(-c8ccccc8)c8ccccc78)c([2H])c([2H])c6c5[2H])c([2H])c([2H])c4c23)c([2H])c1[2H]. The summed E-state index contributed by atoms with van der Waals surface area (Å²) in [6.07, 6.45) is 0. The number of benzene rings is 9. The lowest BCUT2D eigenvalue weighted by atomic mass is 9.85. The highest BCUT2D eigenvalue weighted by Crippen LogP contribution is 2.44. The lowest BCUT2D eigenvalue weighted by Gasteiger charge is -2.18. The first kappa shape index (κ1) is 15.6. The van der Waals surface area contributed by atoms with Crippen molar-refractivity contribution in [2.24, 2.45) is 0 Å². The Labute approximate surface area is 308 Å². The fourth-order valence-electron chi connectivity index (χ4n) is 6.57. The molecule has 0 aliphatic heterocycles. The van der Waals surface area contributed by atoms with Gasteiger partial charge >= 0.3 is 0 Å². The first-order chi connectivity index (χ1) is 31.4. The Morgan fingerprint density at radius 3 is 1.63 bits per heavy atom. The Morgan fingerprint density at radius 1 is 0.367 bits per heavy atom. The van der Waals surface area contributed by atoms with Gasteiger partial charge in [0, 0.05) is 10.8 Å². The van der Waals surface area contributed by atoms with Crippen LogP contribution in [0.25, 0.3) is 98.8 Å². The van der Waals surface area contributed by atoms with Gasteiger partial charge in [-0.25, -0.2) is 0 Å². The molecule has 9 aromatic carbocycles. The molecular weight excluding hydrogens is 593 g/mol. The molecule has 0 saturated heterocycles. The zero-order valence-electron chi connectivity index (χ0n) is 42.4. The van der Waals surface area contributed by atoms with Gasteiger partial charge in [-0.3, -0.25) is 0 Å². The molecular formula is C48H30O. The van der Waals surface area contributed by atoms with Crippen LogP contribution in [0.5, 0.6) is 0 Å². The normalized spacial score (nSPS) is 16.5. The van der Waals surface area contributed by atoms with Crippen LogP contribution in [0.1, 0.15) is 23.3 Å². The molecule has 0 spiro atoms. The lowest BCUT2D eigenvalue weighted by Crippen LogP contribution is -1.90. The standard InChI is InChI=1S/C48H30O/c1-3-12-31(13-4-1)38-20-11-21-44-48(38)43-27-26-36(30-45(43)49-44)34-22-23-35-29-37(25-24-33(35)28-34)47-41-18-9-7-16-39(41)46(32-14-5-2-6-15-32)40-17-8-10-19-42(40)47/h1-30H/i1D,3D,4D,11D,12D,13D,20D,21D,22D,23D,24D,25D,26D,27D,28D,29D,30D. The summed E-state index contributed by atoms with van der Waals surface area (Å²) in [6.45, 7) is 0. The Balaban J connectivity index is 1.28. The maximum atomic E-state index is 9.68.